The van der Waals surface area contributed by atoms with Crippen LogP contribution < -0.4 is 10.9 Å². The highest BCUT2D eigenvalue weighted by Crippen LogP contribution is 2.32. The lowest BCUT2D eigenvalue weighted by molar-refractivity contribution is -0.130. The molecule has 0 saturated carbocycles. The Labute approximate surface area is 173 Å². The van der Waals surface area contributed by atoms with Crippen molar-refractivity contribution in [2.24, 2.45) is 0 Å². The third-order valence-electron chi connectivity index (χ3n) is 4.99. The van der Waals surface area contributed by atoms with Gasteiger partial charge in [0, 0.05) is 18.5 Å². The zero-order valence-electron chi connectivity index (χ0n) is 16.3. The van der Waals surface area contributed by atoms with E-state index < -0.39 is 17.9 Å². The molecule has 1 atom stereocenters. The number of fused-ring (bicyclic) bond motifs is 2. The molecule has 1 aromatic heterocycles. The van der Waals surface area contributed by atoms with Crippen molar-refractivity contribution in [2.75, 3.05) is 0 Å². The summed E-state index contributed by atoms with van der Waals surface area (Å²) in [6.45, 7) is 1.45. The van der Waals surface area contributed by atoms with Crippen LogP contribution >= 0.6 is 0 Å². The molecule has 1 aliphatic heterocycles. The number of carbonyl (C=O) groups excluding carboxylic acids is 3. The zero-order valence-corrected chi connectivity index (χ0v) is 16.3. The normalized spacial score (nSPS) is 14.8. The summed E-state index contributed by atoms with van der Waals surface area (Å²) < 4.78 is 0. The number of carbonyl (C=O) groups is 3. The maximum absolute atomic E-state index is 12.5. The molecule has 3 aromatic rings. The molecule has 0 saturated heterocycles. The Morgan fingerprint density at radius 3 is 2.57 bits per heavy atom. The summed E-state index contributed by atoms with van der Waals surface area (Å²) in [6.07, 6.45) is 3.53. The van der Waals surface area contributed by atoms with Crippen LogP contribution in [0.5, 0.6) is 0 Å². The molecule has 1 unspecified atom stereocenters. The second-order valence-electron chi connectivity index (χ2n) is 6.98. The minimum Gasteiger partial charge on any atom is -0.311 e. The van der Waals surface area contributed by atoms with Crippen molar-refractivity contribution >= 4 is 34.7 Å². The molecule has 30 heavy (non-hydrogen) atoms. The molecule has 0 bridgehead atoms. The summed E-state index contributed by atoms with van der Waals surface area (Å²) in [6, 6.07) is 18.0. The van der Waals surface area contributed by atoms with E-state index in [1.54, 1.807) is 18.3 Å². The number of hydrogen-bond acceptors (Lipinski definition) is 4. The molecule has 0 aliphatic carbocycles. The molecule has 1 aliphatic rings. The molecule has 2 aromatic carbocycles. The number of rotatable bonds is 3. The lowest BCUT2D eigenvalue weighted by atomic mass is 9.93. The molecule has 0 fully saturated rings. The van der Waals surface area contributed by atoms with Crippen LogP contribution in [0.25, 0.3) is 17.0 Å². The van der Waals surface area contributed by atoms with Crippen LogP contribution in [-0.4, -0.2) is 27.6 Å². The van der Waals surface area contributed by atoms with Gasteiger partial charge in [-0.2, -0.15) is 0 Å². The predicted octanol–water partition coefficient (Wildman–Crippen LogP) is 2.96. The van der Waals surface area contributed by atoms with Gasteiger partial charge in [-0.25, -0.2) is 4.98 Å². The second kappa shape index (κ2) is 8.16. The minimum absolute atomic E-state index is 0.00631. The summed E-state index contributed by atoms with van der Waals surface area (Å²) in [5.74, 6) is -1.09. The van der Waals surface area contributed by atoms with Gasteiger partial charge in [0.05, 0.1) is 18.0 Å². The first kappa shape index (κ1) is 19.3. The monoisotopic (exact) mass is 400 g/mol. The number of nitrogens with one attached hydrogen (secondary N) is 2. The van der Waals surface area contributed by atoms with E-state index in [2.05, 4.69) is 15.8 Å². The van der Waals surface area contributed by atoms with Crippen molar-refractivity contribution in [1.82, 2.24) is 20.7 Å². The van der Waals surface area contributed by atoms with Crippen LogP contribution in [0.4, 0.5) is 0 Å². The number of para-hydroxylation sites is 1. The third-order valence-corrected chi connectivity index (χ3v) is 4.99. The van der Waals surface area contributed by atoms with Crippen LogP contribution in [-0.2, 0) is 9.59 Å². The maximum atomic E-state index is 12.5. The van der Waals surface area contributed by atoms with Crippen molar-refractivity contribution in [3.8, 4) is 0 Å². The highest BCUT2D eigenvalue weighted by molar-refractivity contribution is 5.96. The van der Waals surface area contributed by atoms with Crippen LogP contribution in [0.15, 0.2) is 66.9 Å². The Balaban J connectivity index is 1.44. The first-order chi connectivity index (χ1) is 14.5. The van der Waals surface area contributed by atoms with Crippen LogP contribution in [0.1, 0.15) is 41.0 Å². The Hall–Kier alpha value is -4.00. The Kier molecular flexibility index (Phi) is 5.26. The van der Waals surface area contributed by atoms with Gasteiger partial charge in [0.15, 0.2) is 0 Å². The van der Waals surface area contributed by atoms with Crippen molar-refractivity contribution < 1.29 is 14.4 Å². The van der Waals surface area contributed by atoms with Crippen molar-refractivity contribution in [1.29, 1.82) is 0 Å². The zero-order chi connectivity index (χ0) is 21.1. The molecule has 7 heteroatoms. The molecule has 7 nitrogen and oxygen atoms in total. The topological polar surface area (TPSA) is 91.4 Å². The van der Waals surface area contributed by atoms with E-state index in [1.165, 1.54) is 11.8 Å². The average Bonchev–Trinajstić information content (AvgIpc) is 2.77. The third kappa shape index (κ3) is 3.91. The minimum atomic E-state index is -0.513. The van der Waals surface area contributed by atoms with Gasteiger partial charge in [0.25, 0.3) is 5.91 Å². The fourth-order valence-electron chi connectivity index (χ4n) is 3.52. The first-order valence-electron chi connectivity index (χ1n) is 9.54. The molecule has 4 rings (SSSR count). The Morgan fingerprint density at radius 2 is 1.73 bits per heavy atom. The number of nitrogens with zero attached hydrogens (tertiary/aromatic N) is 2. The van der Waals surface area contributed by atoms with Gasteiger partial charge in [-0.3, -0.25) is 25.2 Å². The summed E-state index contributed by atoms with van der Waals surface area (Å²) in [7, 11) is 0. The van der Waals surface area contributed by atoms with Gasteiger partial charge in [-0.1, -0.05) is 48.5 Å². The number of aromatic nitrogens is 1. The molecular weight excluding hydrogens is 380 g/mol. The quantitative estimate of drug-likeness (QED) is 0.662. The summed E-state index contributed by atoms with van der Waals surface area (Å²) >= 11 is 0. The number of hydrogen-bond donors (Lipinski definition) is 2. The van der Waals surface area contributed by atoms with E-state index >= 15 is 0 Å². The fourth-order valence-corrected chi connectivity index (χ4v) is 3.52. The number of amides is 3. The summed E-state index contributed by atoms with van der Waals surface area (Å²) in [5, 5.41) is 0.923. The smallest absolute Gasteiger partial charge is 0.288 e. The van der Waals surface area contributed by atoms with Crippen molar-refractivity contribution in [3.63, 3.8) is 0 Å². The second-order valence-corrected chi connectivity index (χ2v) is 6.98. The van der Waals surface area contributed by atoms with E-state index in [1.807, 2.05) is 54.6 Å². The molecule has 0 radical (unpaired) electrons. The van der Waals surface area contributed by atoms with Gasteiger partial charge in [-0.05, 0) is 29.3 Å². The average molecular weight is 400 g/mol. The van der Waals surface area contributed by atoms with E-state index in [9.17, 15) is 14.4 Å². The highest BCUT2D eigenvalue weighted by Gasteiger charge is 2.28. The van der Waals surface area contributed by atoms with Gasteiger partial charge in [-0.15, -0.1) is 0 Å². The Bertz CT molecular complexity index is 1170. The Morgan fingerprint density at radius 1 is 0.967 bits per heavy atom. The van der Waals surface area contributed by atoms with Gasteiger partial charge in [0.1, 0.15) is 5.69 Å². The van der Waals surface area contributed by atoms with Crippen LogP contribution in [0.2, 0.25) is 0 Å². The van der Waals surface area contributed by atoms with Crippen LogP contribution in [0, 0.1) is 0 Å². The summed E-state index contributed by atoms with van der Waals surface area (Å²) in [4.78, 5) is 42.8. The van der Waals surface area contributed by atoms with Gasteiger partial charge < -0.3 is 4.90 Å². The summed E-state index contributed by atoms with van der Waals surface area (Å²) in [5.41, 5.74) is 7.56. The van der Waals surface area contributed by atoms with Crippen molar-refractivity contribution in [2.45, 2.75) is 19.4 Å². The van der Waals surface area contributed by atoms with E-state index in [4.69, 9.17) is 0 Å². The number of benzene rings is 2. The van der Waals surface area contributed by atoms with Crippen LogP contribution in [0.3, 0.4) is 0 Å². The van der Waals surface area contributed by atoms with E-state index in [-0.39, 0.29) is 18.0 Å². The van der Waals surface area contributed by atoms with E-state index in [0.717, 1.165) is 16.5 Å². The van der Waals surface area contributed by atoms with Gasteiger partial charge in [0.2, 0.25) is 11.8 Å². The number of pyridine rings is 1. The largest absolute Gasteiger partial charge is 0.311 e. The SMILES string of the molecule is CC(=O)N1C=Cc2ccccc2C1CC(=O)NNC(=O)c1ccc2ccccc2n1. The molecule has 2 N–H and O–H groups in total. The van der Waals surface area contributed by atoms with Gasteiger partial charge >= 0.3 is 0 Å². The maximum Gasteiger partial charge on any atom is 0.288 e. The number of hydrazine groups is 1. The molecule has 0 spiro atoms. The fraction of sp³-hybridized carbons (Fsp3) is 0.130. The molecule has 2 heterocycles. The van der Waals surface area contributed by atoms with E-state index in [0.29, 0.717) is 5.52 Å². The molecular formula is C23H20N4O3. The lowest BCUT2D eigenvalue weighted by Crippen LogP contribution is -2.44. The lowest BCUT2D eigenvalue weighted by Gasteiger charge is -2.32. The standard InChI is InChI=1S/C23H20N4O3/c1-15(28)27-13-12-16-6-2-4-8-18(16)21(27)14-22(29)25-26-23(30)20-11-10-17-7-3-5-9-19(17)24-20/h2-13,21H,14H2,1H3,(H,25,29)(H,26,30). The highest BCUT2D eigenvalue weighted by atomic mass is 16.2. The first-order valence-corrected chi connectivity index (χ1v) is 9.54. The van der Waals surface area contributed by atoms with Crippen molar-refractivity contribution in [3.05, 3.63) is 83.7 Å². The molecule has 150 valence electrons. The molecule has 3 amide bonds. The predicted molar refractivity (Wildman–Crippen MR) is 113 cm³/mol.